The van der Waals surface area contributed by atoms with E-state index in [2.05, 4.69) is 25.9 Å². The molecule has 0 saturated carbocycles. The molecule has 0 aromatic carbocycles. The van der Waals surface area contributed by atoms with E-state index in [1.807, 2.05) is 0 Å². The van der Waals surface area contributed by atoms with Gasteiger partial charge < -0.3 is 19.0 Å². The molecule has 0 fully saturated rings. The van der Waals surface area contributed by atoms with Gasteiger partial charge in [0.1, 0.15) is 0 Å². The van der Waals surface area contributed by atoms with E-state index in [-0.39, 0.29) is 28.9 Å². The lowest BCUT2D eigenvalue weighted by Gasteiger charge is -2.25. The third-order valence-corrected chi connectivity index (χ3v) is 6.73. The predicted octanol–water partition coefficient (Wildman–Crippen LogP) is -1.62. The second-order valence-corrected chi connectivity index (χ2v) is 9.32. The molecule has 1 N–H and O–H groups in total. The Balaban J connectivity index is 2.13. The third-order valence-electron chi connectivity index (χ3n) is 6.17. The van der Waals surface area contributed by atoms with Crippen molar-refractivity contribution >= 4 is 50.2 Å². The minimum absolute atomic E-state index is 0.0126. The van der Waals surface area contributed by atoms with Crippen LogP contribution in [0.3, 0.4) is 0 Å². The van der Waals surface area contributed by atoms with Crippen LogP contribution in [0.25, 0.3) is 22.3 Å². The van der Waals surface area contributed by atoms with Gasteiger partial charge in [0, 0.05) is 33.5 Å². The number of aromatic nitrogens is 8. The zero-order chi connectivity index (χ0) is 28.0. The van der Waals surface area contributed by atoms with Gasteiger partial charge in [-0.05, 0) is 6.42 Å². The van der Waals surface area contributed by atoms with E-state index in [1.54, 1.807) is 0 Å². The van der Waals surface area contributed by atoms with Crippen molar-refractivity contribution in [3.8, 4) is 0 Å². The summed E-state index contributed by atoms with van der Waals surface area (Å²) in [5, 5.41) is 10.7. The standard InChI is InChI=1S/C21H23BrN8O8/c1-25-8-23-14-12(25)16(31)29(20(36)27(14)3)10(18(33)34)11(19(35)38-7-5-6-22)30-17(32)13-15(24-9-26(13)2)28(4)21(30)37/h8-11H,5-7H2,1-4H3,(H,33,34). The van der Waals surface area contributed by atoms with Crippen molar-refractivity contribution in [3.63, 3.8) is 0 Å². The molecule has 0 aliphatic carbocycles. The van der Waals surface area contributed by atoms with Gasteiger partial charge in [-0.15, -0.1) is 0 Å². The van der Waals surface area contributed by atoms with E-state index in [4.69, 9.17) is 4.74 Å². The molecule has 4 aromatic rings. The minimum Gasteiger partial charge on any atom is -0.480 e. The number of ether oxygens (including phenoxy) is 1. The largest absolute Gasteiger partial charge is 0.480 e. The number of carbonyl (C=O) groups excluding carboxylic acids is 1. The summed E-state index contributed by atoms with van der Waals surface area (Å²) in [6, 6.07) is -4.57. The molecule has 17 heteroatoms. The second kappa shape index (κ2) is 9.88. The molecule has 0 spiro atoms. The number of halogens is 1. The quantitative estimate of drug-likeness (QED) is 0.141. The van der Waals surface area contributed by atoms with Crippen LogP contribution in [0.5, 0.6) is 0 Å². The molecule has 202 valence electrons. The van der Waals surface area contributed by atoms with E-state index in [1.165, 1.54) is 50.0 Å². The molecule has 16 nitrogen and oxygen atoms in total. The average Bonchev–Trinajstić information content (AvgIpc) is 3.45. The molecular formula is C21H23BrN8O8. The lowest BCUT2D eigenvalue weighted by Crippen LogP contribution is -2.53. The average molecular weight is 595 g/mol. The molecule has 0 saturated heterocycles. The highest BCUT2D eigenvalue weighted by atomic mass is 79.9. The Morgan fingerprint density at radius 2 is 1.32 bits per heavy atom. The summed E-state index contributed by atoms with van der Waals surface area (Å²) in [5.74, 6) is -3.12. The van der Waals surface area contributed by atoms with E-state index in [0.717, 1.165) is 9.13 Å². The first kappa shape index (κ1) is 26.8. The number of carboxylic acids is 1. The van der Waals surface area contributed by atoms with Gasteiger partial charge in [0.05, 0.1) is 19.3 Å². The fourth-order valence-electron chi connectivity index (χ4n) is 4.29. The van der Waals surface area contributed by atoms with Crippen LogP contribution < -0.4 is 22.5 Å². The van der Waals surface area contributed by atoms with Crippen molar-refractivity contribution in [3.05, 3.63) is 54.3 Å². The van der Waals surface area contributed by atoms with Crippen LogP contribution in [0.4, 0.5) is 0 Å². The maximum Gasteiger partial charge on any atom is 0.333 e. The van der Waals surface area contributed by atoms with Gasteiger partial charge >= 0.3 is 23.3 Å². The zero-order valence-corrected chi connectivity index (χ0v) is 22.3. The highest BCUT2D eigenvalue weighted by Gasteiger charge is 2.43. The van der Waals surface area contributed by atoms with Crippen LogP contribution in [0.1, 0.15) is 18.5 Å². The number of nitrogens with zero attached hydrogens (tertiary/aromatic N) is 8. The van der Waals surface area contributed by atoms with Gasteiger partial charge in [-0.2, -0.15) is 0 Å². The van der Waals surface area contributed by atoms with E-state index in [9.17, 15) is 33.9 Å². The maximum atomic E-state index is 13.6. The maximum absolute atomic E-state index is 13.6. The predicted molar refractivity (Wildman–Crippen MR) is 136 cm³/mol. The van der Waals surface area contributed by atoms with E-state index >= 15 is 0 Å². The molecule has 0 radical (unpaired) electrons. The Labute approximate surface area is 220 Å². The smallest absolute Gasteiger partial charge is 0.333 e. The highest BCUT2D eigenvalue weighted by molar-refractivity contribution is 9.09. The number of hydrogen-bond donors (Lipinski definition) is 1. The van der Waals surface area contributed by atoms with E-state index in [0.29, 0.717) is 20.9 Å². The number of esters is 1. The Morgan fingerprint density at radius 1 is 0.868 bits per heavy atom. The number of carbonyl (C=O) groups is 2. The number of rotatable bonds is 8. The fourth-order valence-corrected chi connectivity index (χ4v) is 4.52. The summed E-state index contributed by atoms with van der Waals surface area (Å²) in [4.78, 5) is 87.9. The molecule has 0 amide bonds. The van der Waals surface area contributed by atoms with Gasteiger partial charge in [-0.3, -0.25) is 18.7 Å². The van der Waals surface area contributed by atoms with Crippen LogP contribution >= 0.6 is 15.9 Å². The monoisotopic (exact) mass is 594 g/mol. The van der Waals surface area contributed by atoms with Crippen LogP contribution in [0.2, 0.25) is 0 Å². The normalized spacial score (nSPS) is 13.2. The Morgan fingerprint density at radius 3 is 1.74 bits per heavy atom. The summed E-state index contributed by atoms with van der Waals surface area (Å²) >= 11 is 3.19. The molecule has 4 heterocycles. The fraction of sp³-hybridized carbons (Fsp3) is 0.429. The summed E-state index contributed by atoms with van der Waals surface area (Å²) < 4.78 is 10.4. The summed E-state index contributed by atoms with van der Waals surface area (Å²) in [6.45, 7) is -0.191. The molecule has 4 aromatic heterocycles. The molecule has 0 bridgehead atoms. The molecule has 0 aliphatic rings. The van der Waals surface area contributed by atoms with Crippen molar-refractivity contribution in [1.29, 1.82) is 0 Å². The van der Waals surface area contributed by atoms with Crippen LogP contribution in [0, 0.1) is 0 Å². The lowest BCUT2D eigenvalue weighted by atomic mass is 10.1. The second-order valence-electron chi connectivity index (χ2n) is 8.53. The number of alkyl halides is 1. The van der Waals surface area contributed by atoms with Gasteiger partial charge in [0.15, 0.2) is 34.4 Å². The van der Waals surface area contributed by atoms with Crippen molar-refractivity contribution < 1.29 is 19.4 Å². The van der Waals surface area contributed by atoms with Gasteiger partial charge in [-0.1, -0.05) is 15.9 Å². The molecule has 4 rings (SSSR count). The van der Waals surface area contributed by atoms with Crippen LogP contribution in [-0.2, 0) is 42.5 Å². The Bertz CT molecular complexity index is 1840. The van der Waals surface area contributed by atoms with Crippen molar-refractivity contribution in [2.45, 2.75) is 18.5 Å². The molecule has 0 aliphatic heterocycles. The topological polar surface area (TPSA) is 187 Å². The zero-order valence-electron chi connectivity index (χ0n) is 20.7. The van der Waals surface area contributed by atoms with Crippen molar-refractivity contribution in [1.82, 2.24) is 37.4 Å². The molecule has 2 unspecified atom stereocenters. The Kier molecular flexibility index (Phi) is 6.96. The number of aliphatic carboxylic acids is 1. The number of fused-ring (bicyclic) bond motifs is 2. The first-order valence-electron chi connectivity index (χ1n) is 11.1. The van der Waals surface area contributed by atoms with E-state index < -0.39 is 46.5 Å². The molecule has 2 atom stereocenters. The number of imidazole rings is 2. The van der Waals surface area contributed by atoms with Gasteiger partial charge in [0.25, 0.3) is 11.1 Å². The number of aryl methyl sites for hydroxylation is 4. The minimum atomic E-state index is -2.34. The van der Waals surface area contributed by atoms with Crippen molar-refractivity contribution in [2.75, 3.05) is 11.9 Å². The number of carboxylic acid groups (broad SMARTS) is 1. The van der Waals surface area contributed by atoms with Gasteiger partial charge in [-0.25, -0.2) is 38.3 Å². The first-order valence-corrected chi connectivity index (χ1v) is 12.3. The lowest BCUT2D eigenvalue weighted by molar-refractivity contribution is -0.156. The molecular weight excluding hydrogens is 572 g/mol. The summed E-state index contributed by atoms with van der Waals surface area (Å²) in [5.41, 5.74) is -4.64. The third kappa shape index (κ3) is 3.98. The number of hydrogen-bond acceptors (Lipinski definition) is 9. The van der Waals surface area contributed by atoms with Crippen LogP contribution in [-0.4, -0.2) is 66.4 Å². The highest BCUT2D eigenvalue weighted by Crippen LogP contribution is 2.23. The summed E-state index contributed by atoms with van der Waals surface area (Å²) in [7, 11) is 5.48. The SMILES string of the molecule is Cn1cnc2c1c(=O)n(C(C(=O)O)C(C(=O)OCCCBr)n1c(=O)c3c(ncn3C)n(C)c1=O)c(=O)n2C. The van der Waals surface area contributed by atoms with Crippen molar-refractivity contribution in [2.24, 2.45) is 28.2 Å². The van der Waals surface area contributed by atoms with Crippen LogP contribution in [0.15, 0.2) is 31.8 Å². The summed E-state index contributed by atoms with van der Waals surface area (Å²) in [6.07, 6.45) is 2.85. The molecule has 38 heavy (non-hydrogen) atoms. The first-order chi connectivity index (χ1) is 17.9. The Hall–Kier alpha value is -4.28. The van der Waals surface area contributed by atoms with Gasteiger partial charge in [0.2, 0.25) is 0 Å².